The molecule has 1 aliphatic rings. The van der Waals surface area contributed by atoms with Crippen LogP contribution in [-0.2, 0) is 0 Å². The first-order valence-electron chi connectivity index (χ1n) is 6.81. The van der Waals surface area contributed by atoms with Gasteiger partial charge < -0.3 is 9.80 Å². The summed E-state index contributed by atoms with van der Waals surface area (Å²) < 4.78 is 1.48. The second-order valence-corrected chi connectivity index (χ2v) is 5.59. The summed E-state index contributed by atoms with van der Waals surface area (Å²) >= 11 is 6.02. The van der Waals surface area contributed by atoms with Crippen LogP contribution in [0.25, 0.3) is 5.95 Å². The molecule has 112 valence electrons. The summed E-state index contributed by atoms with van der Waals surface area (Å²) in [5.74, 6) is 0.974. The van der Waals surface area contributed by atoms with Crippen molar-refractivity contribution in [3.8, 4) is 5.95 Å². The number of nitrogens with zero attached hydrogens (tertiary/aromatic N) is 8. The molecule has 1 atom stereocenters. The normalized spacial score (nSPS) is 19.2. The van der Waals surface area contributed by atoms with Crippen molar-refractivity contribution in [3.05, 3.63) is 17.9 Å². The van der Waals surface area contributed by atoms with Crippen molar-refractivity contribution in [1.82, 2.24) is 34.6 Å². The first-order valence-corrected chi connectivity index (χ1v) is 7.19. The average molecular weight is 309 g/mol. The Morgan fingerprint density at radius 3 is 2.76 bits per heavy atom. The second kappa shape index (κ2) is 5.90. The Morgan fingerprint density at radius 2 is 2.05 bits per heavy atom. The van der Waals surface area contributed by atoms with Crippen molar-refractivity contribution in [1.29, 1.82) is 0 Å². The van der Waals surface area contributed by atoms with E-state index in [0.29, 0.717) is 17.9 Å². The van der Waals surface area contributed by atoms with Gasteiger partial charge in [0, 0.05) is 19.1 Å². The first kappa shape index (κ1) is 14.2. The Balaban J connectivity index is 1.88. The maximum atomic E-state index is 6.02. The molecule has 21 heavy (non-hydrogen) atoms. The molecule has 1 saturated heterocycles. The highest BCUT2D eigenvalue weighted by atomic mass is 35.5. The minimum Gasteiger partial charge on any atom is -0.339 e. The Bertz CT molecular complexity index is 599. The van der Waals surface area contributed by atoms with Gasteiger partial charge in [0.1, 0.15) is 12.7 Å². The van der Waals surface area contributed by atoms with Crippen LogP contribution in [0.15, 0.2) is 12.7 Å². The number of hydrogen-bond acceptors (Lipinski definition) is 7. The number of rotatable bonds is 3. The van der Waals surface area contributed by atoms with E-state index >= 15 is 0 Å². The van der Waals surface area contributed by atoms with Crippen LogP contribution < -0.4 is 4.90 Å². The summed E-state index contributed by atoms with van der Waals surface area (Å²) in [4.78, 5) is 21.1. The zero-order valence-corrected chi connectivity index (χ0v) is 12.8. The minimum atomic E-state index is 0.164. The third kappa shape index (κ3) is 3.11. The number of aromatic nitrogens is 6. The van der Waals surface area contributed by atoms with Crippen molar-refractivity contribution >= 4 is 17.5 Å². The lowest BCUT2D eigenvalue weighted by molar-refractivity contribution is 0.257. The predicted molar refractivity (Wildman–Crippen MR) is 78.7 cm³/mol. The van der Waals surface area contributed by atoms with Crippen molar-refractivity contribution in [2.75, 3.05) is 32.1 Å². The molecule has 0 saturated carbocycles. The van der Waals surface area contributed by atoms with Gasteiger partial charge in [0.25, 0.3) is 5.95 Å². The molecule has 0 aromatic carbocycles. The highest BCUT2D eigenvalue weighted by molar-refractivity contribution is 6.28. The third-order valence-corrected chi connectivity index (χ3v) is 3.79. The van der Waals surface area contributed by atoms with Crippen molar-refractivity contribution in [3.63, 3.8) is 0 Å². The van der Waals surface area contributed by atoms with E-state index < -0.39 is 0 Å². The zero-order valence-electron chi connectivity index (χ0n) is 12.0. The van der Waals surface area contributed by atoms with Gasteiger partial charge in [-0.25, -0.2) is 4.98 Å². The molecule has 0 N–H and O–H groups in total. The fraction of sp³-hybridized carbons (Fsp3) is 0.583. The van der Waals surface area contributed by atoms with Gasteiger partial charge in [-0.15, -0.1) is 0 Å². The van der Waals surface area contributed by atoms with Crippen molar-refractivity contribution < 1.29 is 0 Å². The highest BCUT2D eigenvalue weighted by Gasteiger charge is 2.24. The van der Waals surface area contributed by atoms with Crippen LogP contribution in [0.5, 0.6) is 0 Å². The Labute approximate surface area is 127 Å². The molecule has 0 amide bonds. The molecule has 2 aromatic rings. The van der Waals surface area contributed by atoms with E-state index in [4.69, 9.17) is 11.6 Å². The summed E-state index contributed by atoms with van der Waals surface area (Å²) in [6.45, 7) is 1.80. The van der Waals surface area contributed by atoms with Crippen LogP contribution in [0.3, 0.4) is 0 Å². The molecular formula is C12H17ClN8. The molecule has 1 fully saturated rings. The molecule has 3 heterocycles. The van der Waals surface area contributed by atoms with Gasteiger partial charge in [-0.05, 0) is 38.5 Å². The molecular weight excluding hydrogens is 292 g/mol. The Morgan fingerprint density at radius 1 is 1.24 bits per heavy atom. The summed E-state index contributed by atoms with van der Waals surface area (Å²) in [5, 5.41) is 4.19. The van der Waals surface area contributed by atoms with E-state index in [1.165, 1.54) is 23.8 Å². The summed E-state index contributed by atoms with van der Waals surface area (Å²) in [5.41, 5.74) is 0. The minimum absolute atomic E-state index is 0.164. The smallest absolute Gasteiger partial charge is 0.258 e. The van der Waals surface area contributed by atoms with Crippen LogP contribution in [0.4, 0.5) is 5.95 Å². The average Bonchev–Trinajstić information content (AvgIpc) is 3.01. The standard InChI is InChI=1S/C12H17ClN8/c1-19(2)9-4-3-5-20(6-9)11-16-10(13)17-12(18-11)21-8-14-7-15-21/h7-9H,3-6H2,1-2H3. The molecule has 0 bridgehead atoms. The first-order chi connectivity index (χ1) is 10.1. The van der Waals surface area contributed by atoms with E-state index in [1.807, 2.05) is 0 Å². The number of likely N-dealkylation sites (N-methyl/N-ethyl adjacent to an activating group) is 1. The molecule has 9 heteroatoms. The fourth-order valence-electron chi connectivity index (χ4n) is 2.44. The second-order valence-electron chi connectivity index (χ2n) is 5.25. The van der Waals surface area contributed by atoms with E-state index in [1.54, 1.807) is 0 Å². The number of halogens is 1. The lowest BCUT2D eigenvalue weighted by Crippen LogP contribution is -2.45. The van der Waals surface area contributed by atoms with Crippen LogP contribution in [-0.4, -0.2) is 67.8 Å². The molecule has 8 nitrogen and oxygen atoms in total. The van der Waals surface area contributed by atoms with Crippen LogP contribution >= 0.6 is 11.6 Å². The van der Waals surface area contributed by atoms with E-state index in [9.17, 15) is 0 Å². The molecule has 1 aliphatic heterocycles. The molecule has 2 aromatic heterocycles. The van der Waals surface area contributed by atoms with Gasteiger partial charge in [0.2, 0.25) is 11.2 Å². The van der Waals surface area contributed by atoms with E-state index in [-0.39, 0.29) is 5.28 Å². The zero-order chi connectivity index (χ0) is 14.8. The van der Waals surface area contributed by atoms with Crippen LogP contribution in [0, 0.1) is 0 Å². The van der Waals surface area contributed by atoms with Crippen molar-refractivity contribution in [2.45, 2.75) is 18.9 Å². The van der Waals surface area contributed by atoms with Gasteiger partial charge >= 0.3 is 0 Å². The van der Waals surface area contributed by atoms with Crippen LogP contribution in [0.2, 0.25) is 5.28 Å². The number of hydrogen-bond donors (Lipinski definition) is 0. The van der Waals surface area contributed by atoms with Gasteiger partial charge in [0.15, 0.2) is 0 Å². The summed E-state index contributed by atoms with van der Waals surface area (Å²) in [6.07, 6.45) is 5.25. The maximum absolute atomic E-state index is 6.02. The maximum Gasteiger partial charge on any atom is 0.258 e. The molecule has 0 aliphatic carbocycles. The molecule has 0 radical (unpaired) electrons. The van der Waals surface area contributed by atoms with Crippen LogP contribution in [0.1, 0.15) is 12.8 Å². The Kier molecular flexibility index (Phi) is 3.98. The van der Waals surface area contributed by atoms with Gasteiger partial charge in [-0.3, -0.25) is 0 Å². The SMILES string of the molecule is CN(C)C1CCCN(c2nc(Cl)nc(-n3cncn3)n2)C1. The number of piperidine rings is 1. The lowest BCUT2D eigenvalue weighted by atomic mass is 10.1. The Hall–Kier alpha value is -1.80. The highest BCUT2D eigenvalue weighted by Crippen LogP contribution is 2.20. The van der Waals surface area contributed by atoms with Gasteiger partial charge in [-0.1, -0.05) is 0 Å². The monoisotopic (exact) mass is 308 g/mol. The summed E-state index contributed by atoms with van der Waals surface area (Å²) in [6, 6.07) is 0.490. The third-order valence-electron chi connectivity index (χ3n) is 3.62. The summed E-state index contributed by atoms with van der Waals surface area (Å²) in [7, 11) is 4.19. The molecule has 1 unspecified atom stereocenters. The van der Waals surface area contributed by atoms with Gasteiger partial charge in [-0.2, -0.15) is 24.7 Å². The van der Waals surface area contributed by atoms with Gasteiger partial charge in [0.05, 0.1) is 0 Å². The van der Waals surface area contributed by atoms with E-state index in [2.05, 4.69) is 48.9 Å². The molecule has 0 spiro atoms. The quantitative estimate of drug-likeness (QED) is 0.823. The van der Waals surface area contributed by atoms with E-state index in [0.717, 1.165) is 19.5 Å². The fourth-order valence-corrected chi connectivity index (χ4v) is 2.59. The predicted octanol–water partition coefficient (Wildman–Crippen LogP) is 0.636. The number of anilines is 1. The molecule has 3 rings (SSSR count). The van der Waals surface area contributed by atoms with Crippen molar-refractivity contribution in [2.24, 2.45) is 0 Å². The topological polar surface area (TPSA) is 75.9 Å². The largest absolute Gasteiger partial charge is 0.339 e. The lowest BCUT2D eigenvalue weighted by Gasteiger charge is -2.36.